The van der Waals surface area contributed by atoms with Crippen molar-refractivity contribution < 1.29 is 14.7 Å². The lowest BCUT2D eigenvalue weighted by atomic mass is 10.0. The number of carboxylic acids is 1. The van der Waals surface area contributed by atoms with E-state index in [9.17, 15) is 14.7 Å². The number of carbonyl (C=O) groups is 2. The van der Waals surface area contributed by atoms with Crippen LogP contribution in [-0.2, 0) is 9.59 Å². The van der Waals surface area contributed by atoms with Crippen LogP contribution in [0.3, 0.4) is 0 Å². The minimum Gasteiger partial charge on any atom is -0.480 e. The first kappa shape index (κ1) is 24.9. The summed E-state index contributed by atoms with van der Waals surface area (Å²) in [6.45, 7) is 2.26. The molecule has 0 bridgehead atoms. The van der Waals surface area contributed by atoms with Gasteiger partial charge in [-0.15, -0.1) is 0 Å². The number of unbranched alkanes of at least 4 members (excludes halogenated alkanes) is 11. The highest BCUT2D eigenvalue weighted by atomic mass is 16.4. The summed E-state index contributed by atoms with van der Waals surface area (Å²) in [6.07, 6.45) is 25.3. The molecular formula is C26H45NO3. The third-order valence-corrected chi connectivity index (χ3v) is 7.06. The maximum Gasteiger partial charge on any atom is 0.326 e. The Balaban J connectivity index is 1.46. The van der Waals surface area contributed by atoms with Gasteiger partial charge in [0.2, 0.25) is 5.91 Å². The number of hydrogen-bond acceptors (Lipinski definition) is 2. The number of hydrogen-bond donors (Lipinski definition) is 1. The summed E-state index contributed by atoms with van der Waals surface area (Å²) in [5.41, 5.74) is 0. The molecule has 4 heteroatoms. The fourth-order valence-electron chi connectivity index (χ4n) is 5.34. The Kier molecular flexibility index (Phi) is 12.2. The lowest BCUT2D eigenvalue weighted by molar-refractivity contribution is -0.149. The Morgan fingerprint density at radius 3 is 2.10 bits per heavy atom. The number of rotatable bonds is 16. The topological polar surface area (TPSA) is 57.6 Å². The standard InChI is InChI=1S/C26H45NO3/c1-2-3-4-5-6-7-8-9-10-11-12-13-14-15-16-20-25(28)27-23-19-17-18-22(23)21-24(27)26(29)30/h9-10,22-24H,2-8,11-21H2,1H3,(H,29,30)/b10-9-/t22-,23-,24-/m0/s1. The minimum atomic E-state index is -0.817. The molecule has 2 rings (SSSR count). The molecule has 0 spiro atoms. The minimum absolute atomic E-state index is 0.0782. The van der Waals surface area contributed by atoms with Gasteiger partial charge < -0.3 is 10.0 Å². The molecule has 1 aliphatic heterocycles. The number of fused-ring (bicyclic) bond motifs is 1. The monoisotopic (exact) mass is 419 g/mol. The number of carbonyl (C=O) groups excluding carboxylic acids is 1. The second-order valence-electron chi connectivity index (χ2n) is 9.48. The highest BCUT2D eigenvalue weighted by Crippen LogP contribution is 2.41. The number of likely N-dealkylation sites (tertiary alicyclic amines) is 1. The lowest BCUT2D eigenvalue weighted by Crippen LogP contribution is -2.44. The van der Waals surface area contributed by atoms with Gasteiger partial charge in [-0.1, -0.05) is 76.9 Å². The third-order valence-electron chi connectivity index (χ3n) is 7.06. The van der Waals surface area contributed by atoms with Crippen molar-refractivity contribution in [2.45, 2.75) is 135 Å². The van der Waals surface area contributed by atoms with Crippen molar-refractivity contribution in [1.82, 2.24) is 4.90 Å². The van der Waals surface area contributed by atoms with E-state index in [0.29, 0.717) is 18.8 Å². The van der Waals surface area contributed by atoms with Crippen molar-refractivity contribution in [1.29, 1.82) is 0 Å². The first-order valence-electron chi connectivity index (χ1n) is 12.8. The van der Waals surface area contributed by atoms with Crippen molar-refractivity contribution in [2.24, 2.45) is 5.92 Å². The number of aliphatic carboxylic acids is 1. The molecule has 0 aromatic rings. The average Bonchev–Trinajstić information content (AvgIpc) is 3.32. The number of amides is 1. The van der Waals surface area contributed by atoms with E-state index in [1.165, 1.54) is 70.6 Å². The van der Waals surface area contributed by atoms with Crippen LogP contribution in [0.25, 0.3) is 0 Å². The zero-order valence-electron chi connectivity index (χ0n) is 19.3. The van der Waals surface area contributed by atoms with Gasteiger partial charge in [-0.05, 0) is 57.3 Å². The zero-order chi connectivity index (χ0) is 21.6. The van der Waals surface area contributed by atoms with Crippen LogP contribution in [-0.4, -0.2) is 34.0 Å². The Morgan fingerprint density at radius 1 is 0.867 bits per heavy atom. The van der Waals surface area contributed by atoms with Gasteiger partial charge in [0.05, 0.1) is 0 Å². The second kappa shape index (κ2) is 14.6. The van der Waals surface area contributed by atoms with Crippen molar-refractivity contribution in [3.05, 3.63) is 12.2 Å². The zero-order valence-corrected chi connectivity index (χ0v) is 19.3. The van der Waals surface area contributed by atoms with Gasteiger partial charge in [-0.2, -0.15) is 0 Å². The van der Waals surface area contributed by atoms with Crippen LogP contribution in [0.15, 0.2) is 12.2 Å². The van der Waals surface area contributed by atoms with Crippen LogP contribution in [0.4, 0.5) is 0 Å². The van der Waals surface area contributed by atoms with Crippen LogP contribution in [0.5, 0.6) is 0 Å². The molecule has 30 heavy (non-hydrogen) atoms. The van der Waals surface area contributed by atoms with Gasteiger partial charge in [0.15, 0.2) is 0 Å². The summed E-state index contributed by atoms with van der Waals surface area (Å²) in [4.78, 5) is 26.0. The predicted molar refractivity (Wildman–Crippen MR) is 123 cm³/mol. The van der Waals surface area contributed by atoms with Crippen molar-refractivity contribution >= 4 is 11.9 Å². The first-order valence-corrected chi connectivity index (χ1v) is 12.8. The second-order valence-corrected chi connectivity index (χ2v) is 9.48. The van der Waals surface area contributed by atoms with Crippen molar-refractivity contribution in [3.8, 4) is 0 Å². The largest absolute Gasteiger partial charge is 0.480 e. The molecule has 172 valence electrons. The summed E-state index contributed by atoms with van der Waals surface area (Å²) in [5.74, 6) is -0.319. The molecule has 0 aromatic heterocycles. The molecule has 4 nitrogen and oxygen atoms in total. The molecule has 1 heterocycles. The highest BCUT2D eigenvalue weighted by molar-refractivity contribution is 5.84. The average molecular weight is 420 g/mol. The Morgan fingerprint density at radius 2 is 1.47 bits per heavy atom. The van der Waals surface area contributed by atoms with Crippen LogP contribution in [0.2, 0.25) is 0 Å². The number of carboxylic acid groups (broad SMARTS) is 1. The number of allylic oxidation sites excluding steroid dienone is 2. The molecule has 1 amide bonds. The van der Waals surface area contributed by atoms with E-state index in [0.717, 1.165) is 32.1 Å². The Labute approximate surface area is 184 Å². The van der Waals surface area contributed by atoms with Gasteiger partial charge in [0, 0.05) is 12.5 Å². The molecule has 0 unspecified atom stereocenters. The third kappa shape index (κ3) is 8.43. The van der Waals surface area contributed by atoms with Crippen molar-refractivity contribution in [3.63, 3.8) is 0 Å². The Hall–Kier alpha value is -1.32. The SMILES string of the molecule is CCCCCCCC/C=C\CCCCCCCC(=O)N1[C@H](C(=O)O)C[C@@H]2CCC[C@@H]21. The summed E-state index contributed by atoms with van der Waals surface area (Å²) < 4.78 is 0. The fourth-order valence-corrected chi connectivity index (χ4v) is 5.34. The van der Waals surface area contributed by atoms with Crippen molar-refractivity contribution in [2.75, 3.05) is 0 Å². The molecular weight excluding hydrogens is 374 g/mol. The van der Waals surface area contributed by atoms with Crippen LogP contribution < -0.4 is 0 Å². The highest BCUT2D eigenvalue weighted by Gasteiger charge is 2.48. The van der Waals surface area contributed by atoms with Gasteiger partial charge in [-0.25, -0.2) is 4.79 Å². The maximum absolute atomic E-state index is 12.7. The van der Waals surface area contributed by atoms with E-state index in [1.807, 2.05) is 0 Å². The van der Waals surface area contributed by atoms with Gasteiger partial charge in [-0.3, -0.25) is 4.79 Å². The molecule has 1 saturated heterocycles. The van der Waals surface area contributed by atoms with E-state index in [-0.39, 0.29) is 11.9 Å². The van der Waals surface area contributed by atoms with Crippen LogP contribution >= 0.6 is 0 Å². The fraction of sp³-hybridized carbons (Fsp3) is 0.846. The molecule has 0 aromatic carbocycles. The summed E-state index contributed by atoms with van der Waals surface area (Å²) in [7, 11) is 0. The molecule has 1 aliphatic carbocycles. The Bertz CT molecular complexity index is 530. The van der Waals surface area contributed by atoms with Gasteiger partial charge in [0.25, 0.3) is 0 Å². The van der Waals surface area contributed by atoms with Crippen LogP contribution in [0.1, 0.15) is 122 Å². The first-order chi connectivity index (χ1) is 14.6. The molecule has 1 saturated carbocycles. The van der Waals surface area contributed by atoms with E-state index in [1.54, 1.807) is 4.90 Å². The molecule has 1 N–H and O–H groups in total. The lowest BCUT2D eigenvalue weighted by Gasteiger charge is -2.27. The normalized spacial score (nSPS) is 23.4. The quantitative estimate of drug-likeness (QED) is 0.219. The van der Waals surface area contributed by atoms with E-state index in [4.69, 9.17) is 0 Å². The van der Waals surface area contributed by atoms with Gasteiger partial charge >= 0.3 is 5.97 Å². The summed E-state index contributed by atoms with van der Waals surface area (Å²) >= 11 is 0. The van der Waals surface area contributed by atoms with Crippen LogP contribution in [0, 0.1) is 5.92 Å². The maximum atomic E-state index is 12.7. The van der Waals surface area contributed by atoms with E-state index >= 15 is 0 Å². The molecule has 2 fully saturated rings. The molecule has 0 radical (unpaired) electrons. The van der Waals surface area contributed by atoms with Gasteiger partial charge in [0.1, 0.15) is 6.04 Å². The summed E-state index contributed by atoms with van der Waals surface area (Å²) in [5, 5.41) is 9.49. The van der Waals surface area contributed by atoms with E-state index < -0.39 is 12.0 Å². The molecule has 3 atom stereocenters. The number of nitrogens with zero attached hydrogens (tertiary/aromatic N) is 1. The summed E-state index contributed by atoms with van der Waals surface area (Å²) in [6, 6.07) is -0.377. The smallest absolute Gasteiger partial charge is 0.326 e. The molecule has 2 aliphatic rings. The van der Waals surface area contributed by atoms with E-state index in [2.05, 4.69) is 19.1 Å². The predicted octanol–water partition coefficient (Wildman–Crippen LogP) is 6.88.